The van der Waals surface area contributed by atoms with E-state index in [0.29, 0.717) is 17.9 Å². The fourth-order valence-corrected chi connectivity index (χ4v) is 3.01. The number of imide groups is 2. The fourth-order valence-electron chi connectivity index (χ4n) is 3.01. The van der Waals surface area contributed by atoms with Gasteiger partial charge in [0.25, 0.3) is 11.8 Å². The van der Waals surface area contributed by atoms with Crippen molar-refractivity contribution in [3.8, 4) is 5.75 Å². The lowest BCUT2D eigenvalue weighted by molar-refractivity contribution is -0.122. The quantitative estimate of drug-likeness (QED) is 0.413. The Hall–Kier alpha value is -3.41. The molecule has 150 valence electrons. The average Bonchev–Trinajstić information content (AvgIpc) is 2.72. The lowest BCUT2D eigenvalue weighted by atomic mass is 10.1. The second-order valence-electron chi connectivity index (χ2n) is 6.77. The van der Waals surface area contributed by atoms with Crippen LogP contribution in [-0.2, 0) is 9.59 Å². The van der Waals surface area contributed by atoms with E-state index in [1.54, 1.807) is 54.6 Å². The number of nitrogens with zero attached hydrogens (tertiary/aromatic N) is 1. The summed E-state index contributed by atoms with van der Waals surface area (Å²) in [5.74, 6) is -0.617. The number of anilines is 1. The van der Waals surface area contributed by atoms with Gasteiger partial charge in [0.15, 0.2) is 0 Å². The number of para-hydroxylation sites is 1. The van der Waals surface area contributed by atoms with Crippen molar-refractivity contribution in [3.05, 3.63) is 65.7 Å². The third-order valence-electron chi connectivity index (χ3n) is 4.57. The minimum Gasteiger partial charge on any atom is -0.494 e. The molecule has 0 atom stereocenters. The van der Waals surface area contributed by atoms with Gasteiger partial charge in [0.1, 0.15) is 11.3 Å². The Morgan fingerprint density at radius 1 is 0.931 bits per heavy atom. The number of hydrogen-bond donors (Lipinski definition) is 1. The van der Waals surface area contributed by atoms with Crippen molar-refractivity contribution in [1.82, 2.24) is 5.32 Å². The van der Waals surface area contributed by atoms with Gasteiger partial charge in [0.2, 0.25) is 0 Å². The summed E-state index contributed by atoms with van der Waals surface area (Å²) in [6.07, 6.45) is 6.02. The summed E-state index contributed by atoms with van der Waals surface area (Å²) in [5, 5.41) is 2.22. The molecule has 1 fully saturated rings. The number of amides is 4. The SMILES string of the molecule is CCCCCCOc1ccc(C=C2C(=O)NC(=O)N(c3ccccc3)C2=O)cc1. The zero-order valence-corrected chi connectivity index (χ0v) is 16.4. The van der Waals surface area contributed by atoms with Crippen LogP contribution in [0.25, 0.3) is 6.08 Å². The van der Waals surface area contributed by atoms with Crippen molar-refractivity contribution in [3.63, 3.8) is 0 Å². The number of urea groups is 1. The van der Waals surface area contributed by atoms with Gasteiger partial charge in [-0.3, -0.25) is 14.9 Å². The summed E-state index contributed by atoms with van der Waals surface area (Å²) in [4.78, 5) is 38.1. The van der Waals surface area contributed by atoms with Crippen LogP contribution in [0.15, 0.2) is 60.2 Å². The number of benzene rings is 2. The Balaban J connectivity index is 1.72. The number of rotatable bonds is 8. The first-order chi connectivity index (χ1) is 14.1. The first-order valence-corrected chi connectivity index (χ1v) is 9.79. The molecular formula is C23H24N2O4. The highest BCUT2D eigenvalue weighted by Gasteiger charge is 2.36. The van der Waals surface area contributed by atoms with Gasteiger partial charge in [0, 0.05) is 0 Å². The molecule has 0 aromatic heterocycles. The van der Waals surface area contributed by atoms with Gasteiger partial charge in [-0.2, -0.15) is 0 Å². The largest absolute Gasteiger partial charge is 0.494 e. The second kappa shape index (κ2) is 9.68. The standard InChI is InChI=1S/C23H24N2O4/c1-2-3-4-8-15-29-19-13-11-17(12-14-19)16-20-21(26)24-23(28)25(22(20)27)18-9-6-5-7-10-18/h5-7,9-14,16H,2-4,8,15H2,1H3,(H,24,26,28). The summed E-state index contributed by atoms with van der Waals surface area (Å²) < 4.78 is 5.71. The van der Waals surface area contributed by atoms with Crippen LogP contribution in [0.5, 0.6) is 5.75 Å². The second-order valence-corrected chi connectivity index (χ2v) is 6.77. The molecule has 0 aliphatic carbocycles. The van der Waals surface area contributed by atoms with Crippen molar-refractivity contribution in [2.45, 2.75) is 32.6 Å². The van der Waals surface area contributed by atoms with Gasteiger partial charge in [0.05, 0.1) is 12.3 Å². The number of carbonyl (C=O) groups excluding carboxylic acids is 3. The number of ether oxygens (including phenoxy) is 1. The van der Waals surface area contributed by atoms with Crippen molar-refractivity contribution in [2.75, 3.05) is 11.5 Å². The molecule has 1 saturated heterocycles. The molecule has 4 amide bonds. The molecule has 2 aromatic carbocycles. The van der Waals surface area contributed by atoms with Gasteiger partial charge in [-0.25, -0.2) is 9.69 Å². The summed E-state index contributed by atoms with van der Waals surface area (Å²) in [7, 11) is 0. The number of nitrogens with one attached hydrogen (secondary N) is 1. The molecule has 1 aliphatic heterocycles. The zero-order chi connectivity index (χ0) is 20.6. The highest BCUT2D eigenvalue weighted by molar-refractivity contribution is 6.39. The minimum absolute atomic E-state index is 0.0957. The summed E-state index contributed by atoms with van der Waals surface area (Å²) >= 11 is 0. The molecule has 0 spiro atoms. The van der Waals surface area contributed by atoms with E-state index < -0.39 is 17.8 Å². The molecule has 1 N–H and O–H groups in total. The van der Waals surface area contributed by atoms with Crippen LogP contribution in [0.3, 0.4) is 0 Å². The van der Waals surface area contributed by atoms with Crippen LogP contribution in [-0.4, -0.2) is 24.5 Å². The van der Waals surface area contributed by atoms with Crippen molar-refractivity contribution in [1.29, 1.82) is 0 Å². The van der Waals surface area contributed by atoms with Gasteiger partial charge < -0.3 is 4.74 Å². The fraction of sp³-hybridized carbons (Fsp3) is 0.261. The molecule has 29 heavy (non-hydrogen) atoms. The van der Waals surface area contributed by atoms with Gasteiger partial charge in [-0.05, 0) is 42.3 Å². The van der Waals surface area contributed by atoms with Crippen molar-refractivity contribution >= 4 is 29.6 Å². The number of unbranched alkanes of at least 4 members (excludes halogenated alkanes) is 3. The van der Waals surface area contributed by atoms with E-state index in [0.717, 1.165) is 23.5 Å². The highest BCUT2D eigenvalue weighted by Crippen LogP contribution is 2.22. The van der Waals surface area contributed by atoms with Gasteiger partial charge >= 0.3 is 6.03 Å². The maximum atomic E-state index is 12.8. The Bertz CT molecular complexity index is 904. The summed E-state index contributed by atoms with van der Waals surface area (Å²) in [6.45, 7) is 2.83. The third kappa shape index (κ3) is 5.10. The van der Waals surface area contributed by atoms with Crippen molar-refractivity contribution < 1.29 is 19.1 Å². The summed E-state index contributed by atoms with van der Waals surface area (Å²) in [5.41, 5.74) is 0.978. The number of carbonyl (C=O) groups is 3. The molecule has 1 heterocycles. The lowest BCUT2D eigenvalue weighted by Gasteiger charge is -2.26. The topological polar surface area (TPSA) is 75.7 Å². The molecule has 0 bridgehead atoms. The van der Waals surface area contributed by atoms with E-state index in [1.807, 2.05) is 0 Å². The first-order valence-electron chi connectivity index (χ1n) is 9.79. The average molecular weight is 392 g/mol. The smallest absolute Gasteiger partial charge is 0.335 e. The van der Waals surface area contributed by atoms with Crippen LogP contribution in [0.1, 0.15) is 38.2 Å². The minimum atomic E-state index is -0.754. The zero-order valence-electron chi connectivity index (χ0n) is 16.4. The Kier molecular flexibility index (Phi) is 6.79. The van der Waals surface area contributed by atoms with E-state index in [1.165, 1.54) is 18.9 Å². The summed E-state index contributed by atoms with van der Waals surface area (Å²) in [6, 6.07) is 14.9. The molecule has 3 rings (SSSR count). The normalized spacial score (nSPS) is 15.6. The molecule has 0 unspecified atom stereocenters. The molecule has 6 nitrogen and oxygen atoms in total. The van der Waals surface area contributed by atoms with E-state index in [2.05, 4.69) is 12.2 Å². The molecule has 2 aromatic rings. The van der Waals surface area contributed by atoms with E-state index in [-0.39, 0.29) is 5.57 Å². The monoisotopic (exact) mass is 392 g/mol. The van der Waals surface area contributed by atoms with E-state index in [4.69, 9.17) is 4.74 Å². The maximum Gasteiger partial charge on any atom is 0.335 e. The Morgan fingerprint density at radius 3 is 2.34 bits per heavy atom. The van der Waals surface area contributed by atoms with Crippen LogP contribution in [0.4, 0.5) is 10.5 Å². The lowest BCUT2D eigenvalue weighted by Crippen LogP contribution is -2.54. The molecule has 0 saturated carbocycles. The first kappa shape index (κ1) is 20.3. The van der Waals surface area contributed by atoms with Crippen LogP contribution in [0, 0.1) is 0 Å². The highest BCUT2D eigenvalue weighted by atomic mass is 16.5. The van der Waals surface area contributed by atoms with Crippen LogP contribution in [0.2, 0.25) is 0 Å². The van der Waals surface area contributed by atoms with Crippen LogP contribution >= 0.6 is 0 Å². The molecular weight excluding hydrogens is 368 g/mol. The van der Waals surface area contributed by atoms with Crippen molar-refractivity contribution in [2.24, 2.45) is 0 Å². The number of barbiturate groups is 1. The number of hydrogen-bond acceptors (Lipinski definition) is 4. The van der Waals surface area contributed by atoms with Crippen LogP contribution < -0.4 is 15.0 Å². The molecule has 0 radical (unpaired) electrons. The predicted molar refractivity (Wildman–Crippen MR) is 112 cm³/mol. The molecule has 6 heteroatoms. The van der Waals surface area contributed by atoms with Gasteiger partial charge in [-0.1, -0.05) is 56.5 Å². The van der Waals surface area contributed by atoms with E-state index in [9.17, 15) is 14.4 Å². The predicted octanol–water partition coefficient (Wildman–Crippen LogP) is 4.31. The Labute approximate surface area is 170 Å². The third-order valence-corrected chi connectivity index (χ3v) is 4.57. The van der Waals surface area contributed by atoms with Gasteiger partial charge in [-0.15, -0.1) is 0 Å². The van der Waals surface area contributed by atoms with E-state index >= 15 is 0 Å². The molecule has 1 aliphatic rings. The Morgan fingerprint density at radius 2 is 1.66 bits per heavy atom. The maximum absolute atomic E-state index is 12.8.